The van der Waals surface area contributed by atoms with Gasteiger partial charge in [0.15, 0.2) is 5.69 Å². The Bertz CT molecular complexity index is 1240. The zero-order valence-electron chi connectivity index (χ0n) is 18.7. The Morgan fingerprint density at radius 1 is 1.11 bits per heavy atom. The topological polar surface area (TPSA) is 127 Å². The van der Waals surface area contributed by atoms with Gasteiger partial charge in [0, 0.05) is 24.3 Å². The Hall–Kier alpha value is -3.76. The number of aromatic carboxylic acids is 1. The molecule has 0 saturated carbocycles. The second kappa shape index (κ2) is 9.47. The third-order valence-electron chi connectivity index (χ3n) is 6.31. The van der Waals surface area contributed by atoms with Crippen LogP contribution in [-0.4, -0.2) is 53.4 Å². The number of aromatic nitrogens is 1. The number of benzene rings is 2. The van der Waals surface area contributed by atoms with Gasteiger partial charge in [0.1, 0.15) is 17.2 Å². The van der Waals surface area contributed by atoms with Crippen molar-refractivity contribution in [1.29, 1.82) is 0 Å². The summed E-state index contributed by atoms with van der Waals surface area (Å²) in [6, 6.07) is 16.1. The van der Waals surface area contributed by atoms with Gasteiger partial charge in [-0.25, -0.2) is 14.6 Å². The predicted molar refractivity (Wildman–Crippen MR) is 127 cm³/mol. The highest BCUT2D eigenvalue weighted by molar-refractivity contribution is 7.09. The van der Waals surface area contributed by atoms with Crippen LogP contribution in [0.5, 0.6) is 0 Å². The molecular weight excluding hydrogens is 470 g/mol. The van der Waals surface area contributed by atoms with Crippen LogP contribution in [0.25, 0.3) is 11.1 Å². The SMILES string of the molecule is O=C(NC1(C(=O)NCc2nc(C(=O)O)cs2)CCOC1)OCC1c2ccccc2-c2ccccc21. The Labute approximate surface area is 205 Å². The van der Waals surface area contributed by atoms with Crippen LogP contribution in [0.3, 0.4) is 0 Å². The van der Waals surface area contributed by atoms with Gasteiger partial charge in [-0.05, 0) is 22.3 Å². The molecule has 10 heteroatoms. The minimum absolute atomic E-state index is 0.0152. The van der Waals surface area contributed by atoms with Gasteiger partial charge in [0.05, 0.1) is 13.2 Å². The van der Waals surface area contributed by atoms with Crippen molar-refractivity contribution in [3.8, 4) is 11.1 Å². The molecule has 0 spiro atoms. The summed E-state index contributed by atoms with van der Waals surface area (Å²) in [5.74, 6) is -1.65. The van der Waals surface area contributed by atoms with Crippen LogP contribution in [0.4, 0.5) is 4.79 Å². The number of nitrogens with zero attached hydrogens (tertiary/aromatic N) is 1. The Kier molecular flexibility index (Phi) is 6.23. The summed E-state index contributed by atoms with van der Waals surface area (Å²) in [7, 11) is 0. The van der Waals surface area contributed by atoms with E-state index < -0.39 is 23.5 Å². The van der Waals surface area contributed by atoms with Crippen LogP contribution in [0.2, 0.25) is 0 Å². The zero-order valence-corrected chi connectivity index (χ0v) is 19.5. The lowest BCUT2D eigenvalue weighted by molar-refractivity contribution is -0.127. The van der Waals surface area contributed by atoms with Gasteiger partial charge in [0.2, 0.25) is 5.91 Å². The minimum Gasteiger partial charge on any atom is -0.476 e. The van der Waals surface area contributed by atoms with Crippen molar-refractivity contribution in [2.24, 2.45) is 0 Å². The molecule has 3 aromatic rings. The second-order valence-corrected chi connectivity index (χ2v) is 9.39. The van der Waals surface area contributed by atoms with E-state index in [-0.39, 0.29) is 31.4 Å². The largest absolute Gasteiger partial charge is 0.476 e. The number of rotatable bonds is 7. The molecule has 35 heavy (non-hydrogen) atoms. The smallest absolute Gasteiger partial charge is 0.408 e. The summed E-state index contributed by atoms with van der Waals surface area (Å²) in [5.41, 5.74) is 3.12. The Morgan fingerprint density at radius 2 is 1.80 bits per heavy atom. The molecule has 2 heterocycles. The van der Waals surface area contributed by atoms with Gasteiger partial charge in [-0.3, -0.25) is 4.79 Å². The van der Waals surface area contributed by atoms with Crippen molar-refractivity contribution in [2.45, 2.75) is 24.4 Å². The van der Waals surface area contributed by atoms with E-state index >= 15 is 0 Å². The number of alkyl carbamates (subject to hydrolysis) is 1. The average molecular weight is 494 g/mol. The molecule has 3 N–H and O–H groups in total. The van der Waals surface area contributed by atoms with Crippen molar-refractivity contribution < 1.29 is 29.0 Å². The normalized spacial score (nSPS) is 18.5. The maximum absolute atomic E-state index is 13.0. The first-order valence-electron chi connectivity index (χ1n) is 11.1. The molecule has 1 fully saturated rings. The molecule has 1 aliphatic carbocycles. The van der Waals surface area contributed by atoms with Gasteiger partial charge in [-0.2, -0.15) is 0 Å². The summed E-state index contributed by atoms with van der Waals surface area (Å²) in [4.78, 5) is 40.8. The number of hydrogen-bond donors (Lipinski definition) is 3. The van der Waals surface area contributed by atoms with E-state index in [1.54, 1.807) is 0 Å². The van der Waals surface area contributed by atoms with E-state index in [1.807, 2.05) is 36.4 Å². The fraction of sp³-hybridized carbons (Fsp3) is 0.280. The lowest BCUT2D eigenvalue weighted by Crippen LogP contribution is -2.59. The van der Waals surface area contributed by atoms with Crippen molar-refractivity contribution in [3.63, 3.8) is 0 Å². The number of thiazole rings is 1. The zero-order chi connectivity index (χ0) is 24.4. The maximum atomic E-state index is 13.0. The molecule has 2 aliphatic rings. The van der Waals surface area contributed by atoms with Gasteiger partial charge in [-0.1, -0.05) is 48.5 Å². The van der Waals surface area contributed by atoms with Crippen LogP contribution in [0.1, 0.15) is 39.0 Å². The van der Waals surface area contributed by atoms with Crippen molar-refractivity contribution >= 4 is 29.3 Å². The number of hydrogen-bond acceptors (Lipinski definition) is 7. The summed E-state index contributed by atoms with van der Waals surface area (Å²) in [6.45, 7) is 0.513. The summed E-state index contributed by atoms with van der Waals surface area (Å²) in [5, 5.41) is 16.3. The molecule has 1 aliphatic heterocycles. The van der Waals surface area contributed by atoms with E-state index in [2.05, 4.69) is 27.8 Å². The third-order valence-corrected chi connectivity index (χ3v) is 7.16. The number of carboxylic acid groups (broad SMARTS) is 1. The molecule has 1 aromatic heterocycles. The fourth-order valence-electron chi connectivity index (χ4n) is 4.54. The molecule has 1 atom stereocenters. The van der Waals surface area contributed by atoms with E-state index in [4.69, 9.17) is 14.6 Å². The summed E-state index contributed by atoms with van der Waals surface area (Å²) < 4.78 is 11.0. The maximum Gasteiger partial charge on any atom is 0.408 e. The highest BCUT2D eigenvalue weighted by Crippen LogP contribution is 2.44. The summed E-state index contributed by atoms with van der Waals surface area (Å²) in [6.07, 6.45) is -0.406. The first kappa shape index (κ1) is 23.0. The molecule has 9 nitrogen and oxygen atoms in total. The highest BCUT2D eigenvalue weighted by atomic mass is 32.1. The molecule has 180 valence electrons. The number of nitrogens with one attached hydrogen (secondary N) is 2. The van der Waals surface area contributed by atoms with Gasteiger partial charge in [0.25, 0.3) is 0 Å². The van der Waals surface area contributed by atoms with Crippen LogP contribution < -0.4 is 10.6 Å². The standard InChI is InChI=1S/C25H23N3O6S/c29-22(30)20-13-35-21(27-20)11-26-23(31)25(9-10-33-14-25)28-24(32)34-12-19-17-7-3-1-5-15(17)16-6-2-4-8-18(16)19/h1-8,13,19H,9-12,14H2,(H,26,31)(H,28,32)(H,29,30). The van der Waals surface area contributed by atoms with Crippen molar-refractivity contribution in [3.05, 3.63) is 75.7 Å². The van der Waals surface area contributed by atoms with Crippen molar-refractivity contribution in [1.82, 2.24) is 15.6 Å². The number of ether oxygens (including phenoxy) is 2. The Balaban J connectivity index is 1.23. The fourth-order valence-corrected chi connectivity index (χ4v) is 5.25. The number of carbonyl (C=O) groups is 3. The number of fused-ring (bicyclic) bond motifs is 3. The first-order valence-corrected chi connectivity index (χ1v) is 12.0. The van der Waals surface area contributed by atoms with Crippen LogP contribution >= 0.6 is 11.3 Å². The van der Waals surface area contributed by atoms with E-state index in [0.29, 0.717) is 18.0 Å². The van der Waals surface area contributed by atoms with E-state index in [9.17, 15) is 14.4 Å². The quantitative estimate of drug-likeness (QED) is 0.461. The van der Waals surface area contributed by atoms with Gasteiger partial charge >= 0.3 is 12.1 Å². The predicted octanol–water partition coefficient (Wildman–Crippen LogP) is 3.16. The van der Waals surface area contributed by atoms with Gasteiger partial charge < -0.3 is 25.2 Å². The van der Waals surface area contributed by atoms with Crippen molar-refractivity contribution in [2.75, 3.05) is 19.8 Å². The molecule has 0 bridgehead atoms. The molecule has 0 radical (unpaired) electrons. The number of carboxylic acids is 1. The van der Waals surface area contributed by atoms with Crippen LogP contribution in [0, 0.1) is 0 Å². The molecule has 2 amide bonds. The molecule has 5 rings (SSSR count). The lowest BCUT2D eigenvalue weighted by atomic mass is 9.97. The molecule has 1 unspecified atom stereocenters. The van der Waals surface area contributed by atoms with E-state index in [1.165, 1.54) is 5.38 Å². The average Bonchev–Trinajstić information content (AvgIpc) is 3.60. The van der Waals surface area contributed by atoms with Crippen LogP contribution in [0.15, 0.2) is 53.9 Å². The first-order chi connectivity index (χ1) is 17.0. The number of carbonyl (C=O) groups excluding carboxylic acids is 2. The monoisotopic (exact) mass is 493 g/mol. The highest BCUT2D eigenvalue weighted by Gasteiger charge is 2.44. The lowest BCUT2D eigenvalue weighted by Gasteiger charge is -2.27. The van der Waals surface area contributed by atoms with Crippen LogP contribution in [-0.2, 0) is 20.8 Å². The molecular formula is C25H23N3O6S. The Morgan fingerprint density at radius 3 is 2.40 bits per heavy atom. The third kappa shape index (κ3) is 4.50. The summed E-state index contributed by atoms with van der Waals surface area (Å²) >= 11 is 1.14. The number of amides is 2. The second-order valence-electron chi connectivity index (χ2n) is 8.45. The minimum atomic E-state index is -1.27. The molecule has 1 saturated heterocycles. The van der Waals surface area contributed by atoms with Gasteiger partial charge in [-0.15, -0.1) is 11.3 Å². The van der Waals surface area contributed by atoms with E-state index in [0.717, 1.165) is 33.6 Å². The molecule has 2 aromatic carbocycles.